The maximum atomic E-state index is 10.6. The number of carbonyl (C=O) groups excluding carboxylic acids is 1. The summed E-state index contributed by atoms with van der Waals surface area (Å²) in [6.45, 7) is 2.20. The van der Waals surface area contributed by atoms with E-state index in [4.69, 9.17) is 0 Å². The Hall–Kier alpha value is -2.10. The molecule has 0 unspecified atom stereocenters. The largest absolute Gasteiger partial charge is 0.356 e. The number of aromatic nitrogens is 2. The summed E-state index contributed by atoms with van der Waals surface area (Å²) in [6.07, 6.45) is 6.75. The molecular weight excluding hydrogens is 214 g/mol. The van der Waals surface area contributed by atoms with Gasteiger partial charge in [-0.2, -0.15) is 5.10 Å². The van der Waals surface area contributed by atoms with Crippen LogP contribution in [0.25, 0.3) is 17.0 Å². The molecular formula is C13H15N3O. The second kappa shape index (κ2) is 5.30. The Bertz CT molecular complexity index is 542. The highest BCUT2D eigenvalue weighted by molar-refractivity contribution is 5.80. The van der Waals surface area contributed by atoms with Gasteiger partial charge in [0.05, 0.1) is 11.7 Å². The van der Waals surface area contributed by atoms with Crippen molar-refractivity contribution in [2.24, 2.45) is 0 Å². The summed E-state index contributed by atoms with van der Waals surface area (Å²) in [5.74, 6) is 0.0122. The van der Waals surface area contributed by atoms with Crippen LogP contribution in [-0.4, -0.2) is 22.6 Å². The minimum atomic E-state index is 0.0122. The number of rotatable bonds is 4. The topological polar surface area (TPSA) is 57.8 Å². The summed E-state index contributed by atoms with van der Waals surface area (Å²) < 4.78 is 0. The van der Waals surface area contributed by atoms with E-state index in [0.29, 0.717) is 6.54 Å². The molecule has 1 aromatic carbocycles. The third-order valence-electron chi connectivity index (χ3n) is 2.46. The summed E-state index contributed by atoms with van der Waals surface area (Å²) in [6, 6.07) is 6.12. The Kier molecular flexibility index (Phi) is 3.55. The fourth-order valence-corrected chi connectivity index (χ4v) is 1.62. The number of benzene rings is 1. The fraction of sp³-hybridized carbons (Fsp3) is 0.231. The van der Waals surface area contributed by atoms with Crippen LogP contribution < -0.4 is 5.32 Å². The maximum Gasteiger partial charge on any atom is 0.216 e. The highest BCUT2D eigenvalue weighted by atomic mass is 16.1. The first kappa shape index (κ1) is 11.4. The van der Waals surface area contributed by atoms with Crippen LogP contribution in [0.3, 0.4) is 0 Å². The van der Waals surface area contributed by atoms with Crippen LogP contribution in [0.5, 0.6) is 0 Å². The highest BCUT2D eigenvalue weighted by Crippen LogP contribution is 2.13. The molecule has 0 fully saturated rings. The SMILES string of the molecule is CC(=O)NCCC=Cc1ccc2[nH]ncc2c1. The Morgan fingerprint density at radius 1 is 1.53 bits per heavy atom. The van der Waals surface area contributed by atoms with Gasteiger partial charge in [-0.1, -0.05) is 18.2 Å². The lowest BCUT2D eigenvalue weighted by molar-refractivity contribution is -0.118. The zero-order valence-corrected chi connectivity index (χ0v) is 9.73. The van der Waals surface area contributed by atoms with Crippen molar-refractivity contribution < 1.29 is 4.79 Å². The van der Waals surface area contributed by atoms with E-state index < -0.39 is 0 Å². The number of nitrogens with zero attached hydrogens (tertiary/aromatic N) is 1. The summed E-state index contributed by atoms with van der Waals surface area (Å²) in [7, 11) is 0. The summed E-state index contributed by atoms with van der Waals surface area (Å²) in [4.78, 5) is 10.6. The molecule has 0 aliphatic heterocycles. The second-order valence-electron chi connectivity index (χ2n) is 3.89. The van der Waals surface area contributed by atoms with Crippen molar-refractivity contribution in [1.29, 1.82) is 0 Å². The Morgan fingerprint density at radius 3 is 3.24 bits per heavy atom. The van der Waals surface area contributed by atoms with Crippen LogP contribution in [0.2, 0.25) is 0 Å². The van der Waals surface area contributed by atoms with Crippen LogP contribution in [0, 0.1) is 0 Å². The highest BCUT2D eigenvalue weighted by Gasteiger charge is 1.94. The van der Waals surface area contributed by atoms with Crippen molar-refractivity contribution in [3.05, 3.63) is 36.0 Å². The van der Waals surface area contributed by atoms with Gasteiger partial charge in [0.2, 0.25) is 5.91 Å². The summed E-state index contributed by atoms with van der Waals surface area (Å²) in [5, 5.41) is 10.7. The average Bonchev–Trinajstić information content (AvgIpc) is 2.75. The Labute approximate surface area is 99.7 Å². The van der Waals surface area contributed by atoms with E-state index in [9.17, 15) is 4.79 Å². The second-order valence-corrected chi connectivity index (χ2v) is 3.89. The molecule has 0 saturated heterocycles. The average molecular weight is 229 g/mol. The minimum absolute atomic E-state index is 0.0122. The summed E-state index contributed by atoms with van der Waals surface area (Å²) >= 11 is 0. The molecule has 0 aliphatic rings. The van der Waals surface area contributed by atoms with Crippen molar-refractivity contribution in [2.75, 3.05) is 6.54 Å². The Balaban J connectivity index is 1.93. The quantitative estimate of drug-likeness (QED) is 0.789. The molecule has 0 atom stereocenters. The molecule has 2 N–H and O–H groups in total. The lowest BCUT2D eigenvalue weighted by Gasteiger charge is -1.97. The number of carbonyl (C=O) groups is 1. The first-order valence-corrected chi connectivity index (χ1v) is 5.60. The van der Waals surface area contributed by atoms with Crippen LogP contribution >= 0.6 is 0 Å². The van der Waals surface area contributed by atoms with Gasteiger partial charge in [-0.3, -0.25) is 9.89 Å². The molecule has 0 aliphatic carbocycles. The number of H-pyrrole nitrogens is 1. The van der Waals surface area contributed by atoms with E-state index in [0.717, 1.165) is 22.9 Å². The van der Waals surface area contributed by atoms with E-state index in [1.54, 1.807) is 0 Å². The van der Waals surface area contributed by atoms with Crippen LogP contribution in [-0.2, 0) is 4.79 Å². The van der Waals surface area contributed by atoms with E-state index >= 15 is 0 Å². The minimum Gasteiger partial charge on any atom is -0.356 e. The van der Waals surface area contributed by atoms with Gasteiger partial charge in [0, 0.05) is 18.9 Å². The number of nitrogens with one attached hydrogen (secondary N) is 2. The van der Waals surface area contributed by atoms with Gasteiger partial charge in [-0.15, -0.1) is 0 Å². The molecule has 0 spiro atoms. The van der Waals surface area contributed by atoms with E-state index in [-0.39, 0.29) is 5.91 Å². The lowest BCUT2D eigenvalue weighted by atomic mass is 10.1. The number of amides is 1. The zero-order chi connectivity index (χ0) is 12.1. The van der Waals surface area contributed by atoms with Gasteiger partial charge in [0.15, 0.2) is 0 Å². The number of aromatic amines is 1. The van der Waals surface area contributed by atoms with Gasteiger partial charge in [0.1, 0.15) is 0 Å². The number of hydrogen-bond donors (Lipinski definition) is 2. The Morgan fingerprint density at radius 2 is 2.41 bits per heavy atom. The molecule has 2 aromatic rings. The molecule has 4 nitrogen and oxygen atoms in total. The van der Waals surface area contributed by atoms with Crippen molar-refractivity contribution >= 4 is 22.9 Å². The van der Waals surface area contributed by atoms with Crippen LogP contribution in [0.4, 0.5) is 0 Å². The molecule has 4 heteroatoms. The molecule has 0 radical (unpaired) electrons. The molecule has 0 bridgehead atoms. The molecule has 0 saturated carbocycles. The van der Waals surface area contributed by atoms with Gasteiger partial charge in [0.25, 0.3) is 0 Å². The number of fused-ring (bicyclic) bond motifs is 1. The predicted octanol–water partition coefficient (Wildman–Crippen LogP) is 2.10. The smallest absolute Gasteiger partial charge is 0.216 e. The standard InChI is InChI=1S/C13H15N3O/c1-10(17)14-7-3-2-4-11-5-6-13-12(8-11)9-15-16-13/h2,4-6,8-9H,3,7H2,1H3,(H,14,17)(H,15,16). The third kappa shape index (κ3) is 3.17. The first-order chi connectivity index (χ1) is 8.25. The van der Waals surface area contributed by atoms with Crippen molar-refractivity contribution in [3.8, 4) is 0 Å². The maximum absolute atomic E-state index is 10.6. The summed E-state index contributed by atoms with van der Waals surface area (Å²) in [5.41, 5.74) is 2.18. The van der Waals surface area contributed by atoms with Crippen molar-refractivity contribution in [1.82, 2.24) is 15.5 Å². The predicted molar refractivity (Wildman–Crippen MR) is 68.4 cm³/mol. The molecule has 1 heterocycles. The van der Waals surface area contributed by atoms with Gasteiger partial charge >= 0.3 is 0 Å². The zero-order valence-electron chi connectivity index (χ0n) is 9.73. The van der Waals surface area contributed by atoms with Gasteiger partial charge in [-0.05, 0) is 24.1 Å². The fourth-order valence-electron chi connectivity index (χ4n) is 1.62. The van der Waals surface area contributed by atoms with E-state index in [1.165, 1.54) is 6.92 Å². The van der Waals surface area contributed by atoms with Crippen molar-refractivity contribution in [2.45, 2.75) is 13.3 Å². The molecule has 17 heavy (non-hydrogen) atoms. The molecule has 2 rings (SSSR count). The first-order valence-electron chi connectivity index (χ1n) is 5.60. The van der Waals surface area contributed by atoms with E-state index in [2.05, 4.69) is 27.7 Å². The van der Waals surface area contributed by atoms with E-state index in [1.807, 2.05) is 24.4 Å². The van der Waals surface area contributed by atoms with Crippen LogP contribution in [0.1, 0.15) is 18.9 Å². The molecule has 1 aromatic heterocycles. The molecule has 88 valence electrons. The van der Waals surface area contributed by atoms with Crippen molar-refractivity contribution in [3.63, 3.8) is 0 Å². The monoisotopic (exact) mass is 229 g/mol. The normalized spacial score (nSPS) is 11.1. The number of hydrogen-bond acceptors (Lipinski definition) is 2. The van der Waals surface area contributed by atoms with Gasteiger partial charge < -0.3 is 5.32 Å². The lowest BCUT2D eigenvalue weighted by Crippen LogP contribution is -2.20. The van der Waals surface area contributed by atoms with Crippen LogP contribution in [0.15, 0.2) is 30.5 Å². The molecule has 1 amide bonds. The third-order valence-corrected chi connectivity index (χ3v) is 2.46. The van der Waals surface area contributed by atoms with Gasteiger partial charge in [-0.25, -0.2) is 0 Å².